The second-order valence-electron chi connectivity index (χ2n) is 1.34. The lowest BCUT2D eigenvalue weighted by molar-refractivity contribution is 0.302. The number of aliphatic hydroxyl groups excluding tert-OH is 2. The van der Waals surface area contributed by atoms with E-state index in [9.17, 15) is 0 Å². The lowest BCUT2D eigenvalue weighted by Gasteiger charge is -1.96. The SMILES string of the molecule is CCO.OCC(S)CS. The third-order valence-corrected chi connectivity index (χ3v) is 1.50. The second kappa shape index (κ2) is 11.4. The van der Waals surface area contributed by atoms with Crippen LogP contribution in [0.15, 0.2) is 0 Å². The maximum Gasteiger partial charge on any atom is 0.0555 e. The molecule has 0 aliphatic rings. The molecule has 0 radical (unpaired) electrons. The third kappa shape index (κ3) is 17.7. The molecule has 0 aliphatic heterocycles. The summed E-state index contributed by atoms with van der Waals surface area (Å²) in [7, 11) is 0. The van der Waals surface area contributed by atoms with Gasteiger partial charge in [0.15, 0.2) is 0 Å². The predicted octanol–water partition coefficient (Wildman–Crippen LogP) is 0.206. The van der Waals surface area contributed by atoms with E-state index in [0.717, 1.165) is 0 Å². The molecule has 0 aromatic carbocycles. The zero-order valence-corrected chi connectivity index (χ0v) is 7.28. The van der Waals surface area contributed by atoms with Gasteiger partial charge < -0.3 is 10.2 Å². The van der Waals surface area contributed by atoms with Gasteiger partial charge in [-0.05, 0) is 6.92 Å². The Morgan fingerprint density at radius 1 is 1.44 bits per heavy atom. The summed E-state index contributed by atoms with van der Waals surface area (Å²) >= 11 is 7.76. The van der Waals surface area contributed by atoms with E-state index < -0.39 is 0 Å². The van der Waals surface area contributed by atoms with Crippen LogP contribution in [0, 0.1) is 0 Å². The Labute approximate surface area is 67.1 Å². The number of aliphatic hydroxyl groups is 2. The minimum atomic E-state index is 0.0494. The topological polar surface area (TPSA) is 40.5 Å². The smallest absolute Gasteiger partial charge is 0.0555 e. The van der Waals surface area contributed by atoms with Gasteiger partial charge in [0, 0.05) is 17.6 Å². The van der Waals surface area contributed by atoms with E-state index in [-0.39, 0.29) is 18.5 Å². The maximum atomic E-state index is 8.21. The maximum absolute atomic E-state index is 8.21. The third-order valence-electron chi connectivity index (χ3n) is 0.421. The Morgan fingerprint density at radius 2 is 1.78 bits per heavy atom. The van der Waals surface area contributed by atoms with Crippen LogP contribution in [0.1, 0.15) is 6.92 Å². The van der Waals surface area contributed by atoms with Crippen molar-refractivity contribution < 1.29 is 10.2 Å². The Bertz CT molecular complexity index is 39.9. The Hall–Kier alpha value is 0.620. The normalized spacial score (nSPS) is 11.7. The van der Waals surface area contributed by atoms with Crippen molar-refractivity contribution >= 4 is 25.3 Å². The Balaban J connectivity index is 0. The van der Waals surface area contributed by atoms with Crippen molar-refractivity contribution in [3.05, 3.63) is 0 Å². The van der Waals surface area contributed by atoms with Gasteiger partial charge in [0.25, 0.3) is 0 Å². The Kier molecular flexibility index (Phi) is 15.6. The van der Waals surface area contributed by atoms with Gasteiger partial charge >= 0.3 is 0 Å². The van der Waals surface area contributed by atoms with Crippen molar-refractivity contribution in [3.8, 4) is 0 Å². The van der Waals surface area contributed by atoms with Gasteiger partial charge in [-0.2, -0.15) is 25.3 Å². The monoisotopic (exact) mass is 170 g/mol. The number of hydrogen-bond acceptors (Lipinski definition) is 4. The summed E-state index contributed by atoms with van der Waals surface area (Å²) in [6.07, 6.45) is 0. The first-order chi connectivity index (χ1) is 4.22. The van der Waals surface area contributed by atoms with Gasteiger partial charge in [-0.15, -0.1) is 0 Å². The van der Waals surface area contributed by atoms with Crippen molar-refractivity contribution in [2.24, 2.45) is 0 Å². The molecule has 1 unspecified atom stereocenters. The average molecular weight is 170 g/mol. The van der Waals surface area contributed by atoms with Crippen LogP contribution in [0.4, 0.5) is 0 Å². The van der Waals surface area contributed by atoms with E-state index in [2.05, 4.69) is 25.3 Å². The summed E-state index contributed by atoms with van der Waals surface area (Å²) < 4.78 is 0. The van der Waals surface area contributed by atoms with E-state index in [0.29, 0.717) is 5.75 Å². The first-order valence-corrected chi connectivity index (χ1v) is 3.88. The number of hydrogen-bond donors (Lipinski definition) is 4. The molecule has 0 heterocycles. The number of rotatable bonds is 2. The average Bonchev–Trinajstić information content (AvgIpc) is 1.88. The molecule has 0 amide bonds. The minimum Gasteiger partial charge on any atom is -0.397 e. The van der Waals surface area contributed by atoms with Crippen LogP contribution in [-0.4, -0.2) is 34.4 Å². The fourth-order valence-corrected chi connectivity index (χ4v) is 0.173. The molecule has 2 N–H and O–H groups in total. The fourth-order valence-electron chi connectivity index (χ4n) is 0.0577. The van der Waals surface area contributed by atoms with E-state index in [4.69, 9.17) is 10.2 Å². The first-order valence-electron chi connectivity index (χ1n) is 2.73. The van der Waals surface area contributed by atoms with Crippen LogP contribution in [0.25, 0.3) is 0 Å². The standard InChI is InChI=1S/C3H8OS2.C2H6O/c4-1-3(6)2-5;1-2-3/h3-6H,1-2H2;3H,2H2,1H3. The lowest BCUT2D eigenvalue weighted by Crippen LogP contribution is -2.04. The molecule has 4 heteroatoms. The van der Waals surface area contributed by atoms with Crippen molar-refractivity contribution in [1.82, 2.24) is 0 Å². The fraction of sp³-hybridized carbons (Fsp3) is 1.00. The second-order valence-corrected chi connectivity index (χ2v) is 2.43. The summed E-state index contributed by atoms with van der Waals surface area (Å²) in [5.41, 5.74) is 0. The van der Waals surface area contributed by atoms with Crippen molar-refractivity contribution in [2.75, 3.05) is 19.0 Å². The van der Waals surface area contributed by atoms with E-state index >= 15 is 0 Å². The molecule has 0 aromatic rings. The van der Waals surface area contributed by atoms with Crippen LogP contribution >= 0.6 is 25.3 Å². The minimum absolute atomic E-state index is 0.0494. The molecule has 1 atom stereocenters. The summed E-state index contributed by atoms with van der Waals surface area (Å²) in [5, 5.41) is 15.8. The van der Waals surface area contributed by atoms with Crippen LogP contribution in [0.5, 0.6) is 0 Å². The van der Waals surface area contributed by atoms with E-state index in [1.54, 1.807) is 6.92 Å². The van der Waals surface area contributed by atoms with Gasteiger partial charge in [-0.1, -0.05) is 0 Å². The molecule has 0 saturated heterocycles. The van der Waals surface area contributed by atoms with Gasteiger partial charge in [-0.3, -0.25) is 0 Å². The molecule has 0 aliphatic carbocycles. The zero-order chi connectivity index (χ0) is 7.70. The highest BCUT2D eigenvalue weighted by molar-refractivity contribution is 7.84. The predicted molar refractivity (Wildman–Crippen MR) is 46.5 cm³/mol. The molecule has 0 bridgehead atoms. The zero-order valence-electron chi connectivity index (χ0n) is 5.49. The molecule has 0 saturated carbocycles. The van der Waals surface area contributed by atoms with Crippen LogP contribution < -0.4 is 0 Å². The largest absolute Gasteiger partial charge is 0.397 e. The molecule has 58 valence electrons. The highest BCUT2D eigenvalue weighted by Gasteiger charge is 1.92. The first kappa shape index (κ1) is 12.3. The van der Waals surface area contributed by atoms with E-state index in [1.165, 1.54) is 0 Å². The molecule has 0 fully saturated rings. The molecular formula is C5H14O2S2. The van der Waals surface area contributed by atoms with Gasteiger partial charge in [0.05, 0.1) is 6.61 Å². The number of thiol groups is 2. The van der Waals surface area contributed by atoms with Crippen LogP contribution in [-0.2, 0) is 0 Å². The Morgan fingerprint density at radius 3 is 1.78 bits per heavy atom. The highest BCUT2D eigenvalue weighted by Crippen LogP contribution is 1.93. The van der Waals surface area contributed by atoms with Gasteiger partial charge in [0.1, 0.15) is 0 Å². The summed E-state index contributed by atoms with van der Waals surface area (Å²) in [4.78, 5) is 0. The summed E-state index contributed by atoms with van der Waals surface area (Å²) in [6, 6.07) is 0. The molecule has 0 rings (SSSR count). The molecular weight excluding hydrogens is 156 g/mol. The van der Waals surface area contributed by atoms with Crippen molar-refractivity contribution in [2.45, 2.75) is 12.2 Å². The lowest BCUT2D eigenvalue weighted by atomic mass is 10.5. The van der Waals surface area contributed by atoms with E-state index in [1.807, 2.05) is 0 Å². The molecule has 0 spiro atoms. The van der Waals surface area contributed by atoms with Gasteiger partial charge in [-0.25, -0.2) is 0 Å². The molecule has 9 heavy (non-hydrogen) atoms. The van der Waals surface area contributed by atoms with Crippen LogP contribution in [0.3, 0.4) is 0 Å². The highest BCUT2D eigenvalue weighted by atomic mass is 32.1. The van der Waals surface area contributed by atoms with Crippen LogP contribution in [0.2, 0.25) is 0 Å². The summed E-state index contributed by atoms with van der Waals surface area (Å²) in [5.74, 6) is 0.639. The molecule has 2 nitrogen and oxygen atoms in total. The van der Waals surface area contributed by atoms with Crippen molar-refractivity contribution in [3.63, 3.8) is 0 Å². The molecule has 0 aromatic heterocycles. The van der Waals surface area contributed by atoms with Gasteiger partial charge in [0.2, 0.25) is 0 Å². The summed E-state index contributed by atoms with van der Waals surface area (Å²) in [6.45, 7) is 2.05. The van der Waals surface area contributed by atoms with Crippen molar-refractivity contribution in [1.29, 1.82) is 0 Å². The quantitative estimate of drug-likeness (QED) is 0.447.